The van der Waals surface area contributed by atoms with Crippen LogP contribution in [0.4, 0.5) is 5.69 Å². The van der Waals surface area contributed by atoms with E-state index in [1.54, 1.807) is 12.3 Å². The third-order valence-electron chi connectivity index (χ3n) is 4.16. The zero-order chi connectivity index (χ0) is 16.8. The fourth-order valence-corrected chi connectivity index (χ4v) is 2.89. The summed E-state index contributed by atoms with van der Waals surface area (Å²) in [6.07, 6.45) is 8.64. The van der Waals surface area contributed by atoms with Gasteiger partial charge in [-0.3, -0.25) is 9.59 Å². The molecule has 23 heavy (non-hydrogen) atoms. The fourth-order valence-electron chi connectivity index (χ4n) is 2.89. The SMILES string of the molecule is CCCCCCCCn1cc(C(N)=O)c(=O)c2c(N)cccc21. The molecular weight excluding hydrogens is 290 g/mol. The van der Waals surface area contributed by atoms with Crippen molar-refractivity contribution < 1.29 is 4.79 Å². The summed E-state index contributed by atoms with van der Waals surface area (Å²) in [7, 11) is 0. The number of hydrogen-bond acceptors (Lipinski definition) is 3. The highest BCUT2D eigenvalue weighted by Gasteiger charge is 2.14. The minimum absolute atomic E-state index is 0.00128. The average Bonchev–Trinajstić information content (AvgIpc) is 2.52. The van der Waals surface area contributed by atoms with Crippen molar-refractivity contribution in [3.63, 3.8) is 0 Å². The molecule has 0 aliphatic carbocycles. The van der Waals surface area contributed by atoms with Crippen molar-refractivity contribution in [1.82, 2.24) is 4.57 Å². The van der Waals surface area contributed by atoms with Crippen molar-refractivity contribution in [3.8, 4) is 0 Å². The smallest absolute Gasteiger partial charge is 0.254 e. The summed E-state index contributed by atoms with van der Waals surface area (Å²) in [5.41, 5.74) is 12.0. The van der Waals surface area contributed by atoms with Gasteiger partial charge in [-0.05, 0) is 18.6 Å². The Hall–Kier alpha value is -2.30. The number of rotatable bonds is 8. The number of nitrogens with zero attached hydrogens (tertiary/aromatic N) is 1. The van der Waals surface area contributed by atoms with E-state index in [0.717, 1.165) is 24.9 Å². The van der Waals surface area contributed by atoms with E-state index in [0.29, 0.717) is 11.1 Å². The maximum atomic E-state index is 12.4. The van der Waals surface area contributed by atoms with E-state index in [-0.39, 0.29) is 11.0 Å². The number of hydrogen-bond donors (Lipinski definition) is 2. The first-order valence-corrected chi connectivity index (χ1v) is 8.27. The second kappa shape index (κ2) is 7.81. The number of aryl methyl sites for hydroxylation is 1. The zero-order valence-electron chi connectivity index (χ0n) is 13.7. The van der Waals surface area contributed by atoms with Gasteiger partial charge in [0.1, 0.15) is 5.56 Å². The molecule has 0 bridgehead atoms. The molecule has 0 atom stereocenters. The number of pyridine rings is 1. The van der Waals surface area contributed by atoms with Crippen molar-refractivity contribution in [3.05, 3.63) is 40.2 Å². The van der Waals surface area contributed by atoms with Gasteiger partial charge in [0.2, 0.25) is 5.43 Å². The fraction of sp³-hybridized carbons (Fsp3) is 0.444. The molecule has 1 heterocycles. The summed E-state index contributed by atoms with van der Waals surface area (Å²) >= 11 is 0. The molecule has 0 unspecified atom stereocenters. The molecule has 0 aliphatic rings. The van der Waals surface area contributed by atoms with Gasteiger partial charge in [-0.15, -0.1) is 0 Å². The molecule has 1 aromatic heterocycles. The molecule has 2 rings (SSSR count). The van der Waals surface area contributed by atoms with Crippen molar-refractivity contribution in [1.29, 1.82) is 0 Å². The van der Waals surface area contributed by atoms with Crippen LogP contribution in [-0.4, -0.2) is 10.5 Å². The normalized spacial score (nSPS) is 11.0. The summed E-state index contributed by atoms with van der Waals surface area (Å²) in [6, 6.07) is 5.34. The maximum absolute atomic E-state index is 12.4. The maximum Gasteiger partial charge on any atom is 0.254 e. The molecule has 4 N–H and O–H groups in total. The van der Waals surface area contributed by atoms with E-state index in [2.05, 4.69) is 6.92 Å². The summed E-state index contributed by atoms with van der Waals surface area (Å²) in [6.45, 7) is 2.94. The van der Waals surface area contributed by atoms with Crippen LogP contribution < -0.4 is 16.9 Å². The zero-order valence-corrected chi connectivity index (χ0v) is 13.7. The topological polar surface area (TPSA) is 91.1 Å². The van der Waals surface area contributed by atoms with E-state index in [1.807, 2.05) is 16.7 Å². The predicted octanol–water partition coefficient (Wildman–Crippen LogP) is 3.04. The highest BCUT2D eigenvalue weighted by Crippen LogP contribution is 2.19. The van der Waals surface area contributed by atoms with Crippen molar-refractivity contribution in [2.24, 2.45) is 5.73 Å². The molecule has 0 fully saturated rings. The molecule has 0 saturated carbocycles. The lowest BCUT2D eigenvalue weighted by Gasteiger charge is -2.13. The number of carbonyl (C=O) groups excluding carboxylic acids is 1. The van der Waals surface area contributed by atoms with Gasteiger partial charge in [0.05, 0.1) is 10.9 Å². The molecule has 124 valence electrons. The van der Waals surface area contributed by atoms with Gasteiger partial charge >= 0.3 is 0 Å². The minimum Gasteiger partial charge on any atom is -0.398 e. The number of nitrogen functional groups attached to an aromatic ring is 1. The van der Waals surface area contributed by atoms with Crippen LogP contribution in [0.1, 0.15) is 55.8 Å². The van der Waals surface area contributed by atoms with Crippen LogP contribution >= 0.6 is 0 Å². The molecule has 0 spiro atoms. The number of primary amides is 1. The van der Waals surface area contributed by atoms with Crippen LogP contribution in [-0.2, 0) is 6.54 Å². The Morgan fingerprint density at radius 1 is 1.13 bits per heavy atom. The van der Waals surface area contributed by atoms with Gasteiger partial charge in [0.15, 0.2) is 0 Å². The van der Waals surface area contributed by atoms with E-state index in [4.69, 9.17) is 11.5 Å². The highest BCUT2D eigenvalue weighted by atomic mass is 16.2. The van der Waals surface area contributed by atoms with Gasteiger partial charge in [0, 0.05) is 18.4 Å². The van der Waals surface area contributed by atoms with E-state index < -0.39 is 5.91 Å². The number of aromatic nitrogens is 1. The quantitative estimate of drug-likeness (QED) is 0.579. The molecule has 5 heteroatoms. The van der Waals surface area contributed by atoms with Gasteiger partial charge in [-0.1, -0.05) is 45.1 Å². The van der Waals surface area contributed by atoms with Crippen LogP contribution in [0.15, 0.2) is 29.2 Å². The first-order chi connectivity index (χ1) is 11.1. The molecular formula is C18H25N3O2. The molecule has 0 saturated heterocycles. The number of nitrogens with two attached hydrogens (primary N) is 2. The van der Waals surface area contributed by atoms with Crippen LogP contribution in [0.25, 0.3) is 10.9 Å². The molecule has 0 radical (unpaired) electrons. The minimum atomic E-state index is -0.711. The lowest BCUT2D eigenvalue weighted by Crippen LogP contribution is -2.24. The van der Waals surface area contributed by atoms with E-state index in [1.165, 1.54) is 25.7 Å². The monoisotopic (exact) mass is 315 g/mol. The van der Waals surface area contributed by atoms with Crippen molar-refractivity contribution in [2.75, 3.05) is 5.73 Å². The molecule has 5 nitrogen and oxygen atoms in total. The second-order valence-corrected chi connectivity index (χ2v) is 5.94. The lowest BCUT2D eigenvalue weighted by atomic mass is 10.1. The first-order valence-electron chi connectivity index (χ1n) is 8.27. The summed E-state index contributed by atoms with van der Waals surface area (Å²) in [5, 5.41) is 0.384. The van der Waals surface area contributed by atoms with E-state index in [9.17, 15) is 9.59 Å². The Morgan fingerprint density at radius 2 is 1.83 bits per heavy atom. The van der Waals surface area contributed by atoms with Gasteiger partial charge in [0.25, 0.3) is 5.91 Å². The Labute approximate surface area is 136 Å². The number of benzene rings is 1. The van der Waals surface area contributed by atoms with Gasteiger partial charge in [-0.2, -0.15) is 0 Å². The van der Waals surface area contributed by atoms with Gasteiger partial charge in [-0.25, -0.2) is 0 Å². The number of anilines is 1. The number of amides is 1. The summed E-state index contributed by atoms with van der Waals surface area (Å²) < 4.78 is 1.92. The van der Waals surface area contributed by atoms with Crippen LogP contribution in [0, 0.1) is 0 Å². The lowest BCUT2D eigenvalue weighted by molar-refractivity contribution is 0.0998. The summed E-state index contributed by atoms with van der Waals surface area (Å²) in [5.74, 6) is -0.711. The third kappa shape index (κ3) is 3.92. The molecule has 0 aliphatic heterocycles. The molecule has 1 aromatic carbocycles. The molecule has 2 aromatic rings. The van der Waals surface area contributed by atoms with Crippen molar-refractivity contribution >= 4 is 22.5 Å². The Balaban J connectivity index is 2.28. The third-order valence-corrected chi connectivity index (χ3v) is 4.16. The summed E-state index contributed by atoms with van der Waals surface area (Å²) in [4.78, 5) is 23.9. The van der Waals surface area contributed by atoms with Crippen LogP contribution in [0.5, 0.6) is 0 Å². The van der Waals surface area contributed by atoms with Crippen LogP contribution in [0.2, 0.25) is 0 Å². The number of unbranched alkanes of at least 4 members (excludes halogenated alkanes) is 5. The molecule has 1 amide bonds. The standard InChI is InChI=1S/C18H25N3O2/c1-2-3-4-5-6-7-11-21-12-13(18(20)23)17(22)16-14(19)9-8-10-15(16)21/h8-10,12H,2-7,11,19H2,1H3,(H2,20,23). The predicted molar refractivity (Wildman–Crippen MR) is 94.5 cm³/mol. The van der Waals surface area contributed by atoms with Crippen molar-refractivity contribution in [2.45, 2.75) is 52.0 Å². The average molecular weight is 315 g/mol. The Kier molecular flexibility index (Phi) is 5.79. The number of carbonyl (C=O) groups is 1. The Morgan fingerprint density at radius 3 is 2.52 bits per heavy atom. The largest absolute Gasteiger partial charge is 0.398 e. The highest BCUT2D eigenvalue weighted by molar-refractivity contribution is 5.99. The van der Waals surface area contributed by atoms with Crippen LogP contribution in [0.3, 0.4) is 0 Å². The Bertz CT molecular complexity index is 750. The van der Waals surface area contributed by atoms with Gasteiger partial charge < -0.3 is 16.0 Å². The second-order valence-electron chi connectivity index (χ2n) is 5.94. The first kappa shape index (κ1) is 17.1. The van der Waals surface area contributed by atoms with E-state index >= 15 is 0 Å². The number of fused-ring (bicyclic) bond motifs is 1.